The highest BCUT2D eigenvalue weighted by Crippen LogP contribution is 2.18. The molecular formula is C24H25N3O2. The van der Waals surface area contributed by atoms with E-state index in [1.165, 1.54) is 0 Å². The van der Waals surface area contributed by atoms with Crippen LogP contribution in [0.2, 0.25) is 0 Å². The summed E-state index contributed by atoms with van der Waals surface area (Å²) in [5, 5.41) is 13.4. The summed E-state index contributed by atoms with van der Waals surface area (Å²) in [5.41, 5.74) is 3.08. The Morgan fingerprint density at radius 2 is 1.97 bits per heavy atom. The maximum Gasteiger partial charge on any atom is 0.261 e. The number of ether oxygens (including phenoxy) is 1. The fourth-order valence-corrected chi connectivity index (χ4v) is 2.98. The van der Waals surface area contributed by atoms with E-state index in [0.717, 1.165) is 27.8 Å². The van der Waals surface area contributed by atoms with E-state index >= 15 is 0 Å². The number of nitrogens with zero attached hydrogens (tertiary/aromatic N) is 1. The molecule has 2 N–H and O–H groups in total. The highest BCUT2D eigenvalue weighted by atomic mass is 16.5. The van der Waals surface area contributed by atoms with Crippen LogP contribution in [0.3, 0.4) is 0 Å². The van der Waals surface area contributed by atoms with Gasteiger partial charge in [0, 0.05) is 23.6 Å². The Morgan fingerprint density at radius 3 is 2.69 bits per heavy atom. The van der Waals surface area contributed by atoms with E-state index in [2.05, 4.69) is 30.2 Å². The fourth-order valence-electron chi connectivity index (χ4n) is 2.98. The normalized spacial score (nSPS) is 11.4. The third-order valence-corrected chi connectivity index (χ3v) is 4.49. The van der Waals surface area contributed by atoms with Crippen molar-refractivity contribution in [2.75, 3.05) is 13.2 Å². The van der Waals surface area contributed by atoms with Crippen molar-refractivity contribution in [3.8, 4) is 11.8 Å². The Morgan fingerprint density at radius 1 is 1.21 bits per heavy atom. The van der Waals surface area contributed by atoms with Crippen LogP contribution < -0.4 is 10.1 Å². The summed E-state index contributed by atoms with van der Waals surface area (Å²) in [6.45, 7) is 5.29. The van der Waals surface area contributed by atoms with Gasteiger partial charge < -0.3 is 15.0 Å². The van der Waals surface area contributed by atoms with Crippen LogP contribution in [0.4, 0.5) is 0 Å². The zero-order chi connectivity index (χ0) is 20.6. The summed E-state index contributed by atoms with van der Waals surface area (Å²) in [6, 6.07) is 17.4. The molecule has 0 atom stereocenters. The number of aromatic nitrogens is 1. The zero-order valence-electron chi connectivity index (χ0n) is 16.7. The van der Waals surface area contributed by atoms with Crippen LogP contribution in [0.1, 0.15) is 25.0 Å². The molecule has 0 fully saturated rings. The van der Waals surface area contributed by atoms with Gasteiger partial charge in [-0.15, -0.1) is 0 Å². The third-order valence-electron chi connectivity index (χ3n) is 4.49. The van der Waals surface area contributed by atoms with Crippen LogP contribution >= 0.6 is 0 Å². The molecule has 1 aromatic heterocycles. The van der Waals surface area contributed by atoms with Gasteiger partial charge in [0.05, 0.1) is 6.61 Å². The van der Waals surface area contributed by atoms with Crippen molar-refractivity contribution in [3.63, 3.8) is 0 Å². The number of para-hydroxylation sites is 1. The topological polar surface area (TPSA) is 77.9 Å². The minimum Gasteiger partial charge on any atom is -0.493 e. The first-order chi connectivity index (χ1) is 14.1. The molecule has 0 aliphatic carbocycles. The van der Waals surface area contributed by atoms with Gasteiger partial charge in [-0.1, -0.05) is 44.2 Å². The van der Waals surface area contributed by atoms with E-state index in [-0.39, 0.29) is 11.5 Å². The van der Waals surface area contributed by atoms with E-state index in [9.17, 15) is 10.1 Å². The van der Waals surface area contributed by atoms with Gasteiger partial charge in [0.15, 0.2) is 0 Å². The summed E-state index contributed by atoms with van der Waals surface area (Å²) >= 11 is 0. The zero-order valence-corrected chi connectivity index (χ0v) is 16.7. The number of rotatable bonds is 8. The van der Waals surface area contributed by atoms with Gasteiger partial charge in [0.25, 0.3) is 5.91 Å². The summed E-state index contributed by atoms with van der Waals surface area (Å²) in [6.07, 6.45) is 4.24. The molecule has 3 rings (SSSR count). The molecule has 29 heavy (non-hydrogen) atoms. The van der Waals surface area contributed by atoms with Crippen molar-refractivity contribution in [1.82, 2.24) is 10.3 Å². The predicted octanol–water partition coefficient (Wildman–Crippen LogP) is 4.47. The van der Waals surface area contributed by atoms with Gasteiger partial charge >= 0.3 is 0 Å². The number of carbonyl (C=O) groups is 1. The second-order valence-electron chi connectivity index (χ2n) is 7.31. The Kier molecular flexibility index (Phi) is 6.70. The molecule has 0 radical (unpaired) electrons. The number of hydrogen-bond acceptors (Lipinski definition) is 3. The molecular weight excluding hydrogens is 362 g/mol. The molecule has 2 aromatic carbocycles. The number of nitriles is 1. The fraction of sp³-hybridized carbons (Fsp3) is 0.250. The lowest BCUT2D eigenvalue weighted by atomic mass is 10.1. The van der Waals surface area contributed by atoms with E-state index in [1.807, 2.05) is 54.7 Å². The van der Waals surface area contributed by atoms with Crippen molar-refractivity contribution in [2.45, 2.75) is 20.3 Å². The number of carbonyl (C=O) groups excluding carboxylic acids is 1. The van der Waals surface area contributed by atoms with Gasteiger partial charge in [-0.05, 0) is 47.7 Å². The smallest absolute Gasteiger partial charge is 0.261 e. The monoisotopic (exact) mass is 387 g/mol. The molecule has 0 saturated carbocycles. The van der Waals surface area contributed by atoms with Crippen LogP contribution in [-0.4, -0.2) is 24.0 Å². The van der Waals surface area contributed by atoms with Crippen LogP contribution in [0.5, 0.6) is 5.75 Å². The minimum atomic E-state index is -0.368. The van der Waals surface area contributed by atoms with Gasteiger partial charge in [-0.25, -0.2) is 0 Å². The van der Waals surface area contributed by atoms with E-state index in [1.54, 1.807) is 6.08 Å². The predicted molar refractivity (Wildman–Crippen MR) is 115 cm³/mol. The van der Waals surface area contributed by atoms with Crippen molar-refractivity contribution < 1.29 is 9.53 Å². The van der Waals surface area contributed by atoms with Crippen molar-refractivity contribution in [1.29, 1.82) is 5.26 Å². The van der Waals surface area contributed by atoms with E-state index in [4.69, 9.17) is 4.74 Å². The van der Waals surface area contributed by atoms with Crippen LogP contribution in [-0.2, 0) is 11.2 Å². The van der Waals surface area contributed by atoms with Gasteiger partial charge in [0.2, 0.25) is 0 Å². The molecule has 0 aliphatic rings. The first-order valence-corrected chi connectivity index (χ1v) is 9.74. The molecule has 148 valence electrons. The second kappa shape index (κ2) is 9.61. The number of aromatic amines is 1. The van der Waals surface area contributed by atoms with Gasteiger partial charge in [-0.2, -0.15) is 5.26 Å². The number of fused-ring (bicyclic) bond motifs is 1. The molecule has 0 unspecified atom stereocenters. The van der Waals surface area contributed by atoms with Crippen LogP contribution in [0, 0.1) is 17.2 Å². The Hall–Kier alpha value is -3.52. The number of hydrogen-bond donors (Lipinski definition) is 2. The maximum atomic E-state index is 12.4. The Bertz CT molecular complexity index is 1040. The molecule has 5 heteroatoms. The lowest BCUT2D eigenvalue weighted by Gasteiger charge is -2.08. The second-order valence-corrected chi connectivity index (χ2v) is 7.31. The molecule has 0 saturated heterocycles. The van der Waals surface area contributed by atoms with Crippen molar-refractivity contribution >= 4 is 22.9 Å². The average Bonchev–Trinajstić information content (AvgIpc) is 3.14. The average molecular weight is 387 g/mol. The Labute approximate surface area is 171 Å². The largest absolute Gasteiger partial charge is 0.493 e. The minimum absolute atomic E-state index is 0.0831. The van der Waals surface area contributed by atoms with Crippen LogP contribution in [0.25, 0.3) is 17.0 Å². The lowest BCUT2D eigenvalue weighted by molar-refractivity contribution is -0.117. The molecule has 0 spiro atoms. The quantitative estimate of drug-likeness (QED) is 0.442. The third kappa shape index (κ3) is 5.49. The van der Waals surface area contributed by atoms with E-state index in [0.29, 0.717) is 25.5 Å². The molecule has 1 heterocycles. The molecule has 1 amide bonds. The van der Waals surface area contributed by atoms with Gasteiger partial charge in [-0.3, -0.25) is 4.79 Å². The summed E-state index contributed by atoms with van der Waals surface area (Å²) in [5.74, 6) is 0.859. The molecule has 0 bridgehead atoms. The standard InChI is InChI=1S/C24H25N3O2/c1-17(2)16-29-21-9-7-18(8-10-21)13-20(14-25)24(28)26-12-11-19-15-27-23-6-4-3-5-22(19)23/h3-10,13,15,17,27H,11-12,16H2,1-2H3,(H,26,28)/b20-13-. The lowest BCUT2D eigenvalue weighted by Crippen LogP contribution is -2.26. The van der Waals surface area contributed by atoms with Gasteiger partial charge in [0.1, 0.15) is 17.4 Å². The molecule has 3 aromatic rings. The van der Waals surface area contributed by atoms with Crippen molar-refractivity contribution in [3.05, 3.63) is 71.4 Å². The molecule has 0 aliphatic heterocycles. The van der Waals surface area contributed by atoms with Crippen LogP contribution in [0.15, 0.2) is 60.3 Å². The first kappa shape index (κ1) is 20.2. The molecule has 5 nitrogen and oxygen atoms in total. The van der Waals surface area contributed by atoms with E-state index < -0.39 is 0 Å². The Balaban J connectivity index is 1.57. The number of benzene rings is 2. The summed E-state index contributed by atoms with van der Waals surface area (Å²) in [7, 11) is 0. The number of nitrogens with one attached hydrogen (secondary N) is 2. The maximum absolute atomic E-state index is 12.4. The highest BCUT2D eigenvalue weighted by molar-refractivity contribution is 6.01. The number of H-pyrrole nitrogens is 1. The summed E-state index contributed by atoms with van der Waals surface area (Å²) < 4.78 is 5.65. The number of amides is 1. The highest BCUT2D eigenvalue weighted by Gasteiger charge is 2.10. The summed E-state index contributed by atoms with van der Waals surface area (Å²) in [4.78, 5) is 15.6. The van der Waals surface area contributed by atoms with Crippen molar-refractivity contribution in [2.24, 2.45) is 5.92 Å². The SMILES string of the molecule is CC(C)COc1ccc(/C=C(/C#N)C(=O)NCCc2c[nH]c3ccccc23)cc1. The first-order valence-electron chi connectivity index (χ1n) is 9.74.